The van der Waals surface area contributed by atoms with Crippen LogP contribution in [-0.2, 0) is 16.8 Å². The van der Waals surface area contributed by atoms with Gasteiger partial charge in [-0.3, -0.25) is 9.59 Å². The molecule has 2 heterocycles. The Morgan fingerprint density at radius 2 is 1.42 bits per heavy atom. The number of aliphatic hydroxyl groups excluding tert-OH is 2. The molecule has 5 N–H and O–H groups in total. The van der Waals surface area contributed by atoms with Gasteiger partial charge in [0, 0.05) is 28.5 Å². The molecule has 0 aliphatic heterocycles. The summed E-state index contributed by atoms with van der Waals surface area (Å²) < 4.78 is 2.09. The minimum atomic E-state index is -1.12. The number of halogens is 1. The third-order valence-electron chi connectivity index (χ3n) is 12.0. The molecular formula is C47H50ClN5O4. The van der Waals surface area contributed by atoms with Crippen LogP contribution >= 0.6 is 11.6 Å². The first kappa shape index (κ1) is 38.6. The van der Waals surface area contributed by atoms with E-state index in [-0.39, 0.29) is 18.0 Å². The summed E-state index contributed by atoms with van der Waals surface area (Å²) >= 11 is 6.25. The number of amides is 2. The molecule has 2 aliphatic rings. The Morgan fingerprint density at radius 3 is 2.02 bits per heavy atom. The number of fused-ring (bicyclic) bond motifs is 1. The van der Waals surface area contributed by atoms with E-state index in [0.717, 1.165) is 66.1 Å². The summed E-state index contributed by atoms with van der Waals surface area (Å²) in [5.41, 5.74) is 3.90. The SMILES string of the molecule is O=C(N[C@@H](Cc1cn(C(c2ccccc2)(c2ccccc2)c2ccccc2)cn1)C(=O)N[C@@H](CC1CCCCC1)[C@@H](O)[C@@H](O)C1CC1)c1cc2cc(Cl)ccc2[nH]1. The van der Waals surface area contributed by atoms with Gasteiger partial charge in [-0.25, -0.2) is 4.98 Å². The highest BCUT2D eigenvalue weighted by Gasteiger charge is 2.41. The lowest BCUT2D eigenvalue weighted by molar-refractivity contribution is -0.125. The van der Waals surface area contributed by atoms with Crippen LogP contribution < -0.4 is 10.6 Å². The summed E-state index contributed by atoms with van der Waals surface area (Å²) in [6.45, 7) is 0. The van der Waals surface area contributed by atoms with Crippen LogP contribution in [-0.4, -0.2) is 60.9 Å². The molecule has 8 rings (SSSR count). The van der Waals surface area contributed by atoms with Gasteiger partial charge in [-0.1, -0.05) is 135 Å². The van der Waals surface area contributed by atoms with Gasteiger partial charge in [-0.2, -0.15) is 0 Å². The molecule has 2 fully saturated rings. The fourth-order valence-electron chi connectivity index (χ4n) is 8.82. The Bertz CT molecular complexity index is 2170. The number of aromatic amines is 1. The van der Waals surface area contributed by atoms with Crippen LogP contribution in [0, 0.1) is 11.8 Å². The molecule has 294 valence electrons. The van der Waals surface area contributed by atoms with Crippen LogP contribution in [0.15, 0.2) is 128 Å². The molecule has 2 aromatic heterocycles. The second-order valence-electron chi connectivity index (χ2n) is 15.9. The number of benzene rings is 4. The Kier molecular flexibility index (Phi) is 11.6. The topological polar surface area (TPSA) is 132 Å². The zero-order valence-corrected chi connectivity index (χ0v) is 32.7. The van der Waals surface area contributed by atoms with Gasteiger partial charge >= 0.3 is 0 Å². The van der Waals surface area contributed by atoms with E-state index in [1.165, 1.54) is 6.42 Å². The second-order valence-corrected chi connectivity index (χ2v) is 16.3. The molecule has 10 heteroatoms. The van der Waals surface area contributed by atoms with Crippen molar-refractivity contribution >= 4 is 34.3 Å². The Labute approximate surface area is 338 Å². The average Bonchev–Trinajstić information content (AvgIpc) is 3.85. The van der Waals surface area contributed by atoms with Crippen LogP contribution in [0.5, 0.6) is 0 Å². The number of aliphatic hydroxyl groups is 2. The fraction of sp³-hybridized carbons (Fsp3) is 0.340. The van der Waals surface area contributed by atoms with Crippen molar-refractivity contribution in [2.24, 2.45) is 11.8 Å². The zero-order chi connectivity index (χ0) is 39.4. The molecular weight excluding hydrogens is 734 g/mol. The van der Waals surface area contributed by atoms with Crippen molar-refractivity contribution in [1.29, 1.82) is 0 Å². The van der Waals surface area contributed by atoms with Gasteiger partial charge in [0.1, 0.15) is 23.4 Å². The molecule has 0 spiro atoms. The van der Waals surface area contributed by atoms with E-state index in [2.05, 4.69) is 56.6 Å². The summed E-state index contributed by atoms with van der Waals surface area (Å²) in [7, 11) is 0. The largest absolute Gasteiger partial charge is 0.390 e. The van der Waals surface area contributed by atoms with Gasteiger partial charge in [0.25, 0.3) is 5.91 Å². The first-order valence-corrected chi connectivity index (χ1v) is 20.6. The van der Waals surface area contributed by atoms with E-state index < -0.39 is 41.6 Å². The third kappa shape index (κ3) is 8.42. The second kappa shape index (κ2) is 17.1. The molecule has 0 radical (unpaired) electrons. The number of rotatable bonds is 15. The maximum Gasteiger partial charge on any atom is 0.268 e. The Hall–Kier alpha value is -5.22. The Balaban J connectivity index is 1.15. The van der Waals surface area contributed by atoms with Crippen LogP contribution in [0.4, 0.5) is 0 Å². The molecule has 2 aliphatic carbocycles. The van der Waals surface area contributed by atoms with Crippen LogP contribution in [0.2, 0.25) is 5.02 Å². The summed E-state index contributed by atoms with van der Waals surface area (Å²) in [4.78, 5) is 36.6. The third-order valence-corrected chi connectivity index (χ3v) is 12.2. The van der Waals surface area contributed by atoms with Crippen molar-refractivity contribution in [3.63, 3.8) is 0 Å². The number of aromatic nitrogens is 3. The van der Waals surface area contributed by atoms with E-state index in [0.29, 0.717) is 23.1 Å². The molecule has 0 bridgehead atoms. The van der Waals surface area contributed by atoms with Crippen molar-refractivity contribution in [1.82, 2.24) is 25.2 Å². The van der Waals surface area contributed by atoms with Gasteiger partial charge in [0.2, 0.25) is 5.91 Å². The summed E-state index contributed by atoms with van der Waals surface area (Å²) in [6, 6.07) is 36.1. The number of imidazole rings is 1. The van der Waals surface area contributed by atoms with Crippen LogP contribution in [0.3, 0.4) is 0 Å². The van der Waals surface area contributed by atoms with E-state index >= 15 is 0 Å². The van der Waals surface area contributed by atoms with Crippen molar-refractivity contribution in [3.8, 4) is 0 Å². The van der Waals surface area contributed by atoms with E-state index in [1.54, 1.807) is 24.5 Å². The average molecular weight is 784 g/mol. The highest BCUT2D eigenvalue weighted by atomic mass is 35.5. The molecule has 9 nitrogen and oxygen atoms in total. The van der Waals surface area contributed by atoms with Crippen LogP contribution in [0.25, 0.3) is 10.9 Å². The highest BCUT2D eigenvalue weighted by Crippen LogP contribution is 2.41. The van der Waals surface area contributed by atoms with Gasteiger partial charge in [0.15, 0.2) is 0 Å². The van der Waals surface area contributed by atoms with E-state index in [9.17, 15) is 19.8 Å². The molecule has 2 saturated carbocycles. The standard InChI is InChI=1S/C47H50ClN5O4/c48-37-23-24-39-33(26-37)27-41(50-39)45(56)52-42(46(57)51-40(25-31-13-5-1-6-14-31)44(55)43(54)32-21-22-32)28-38-29-53(30-49-38)47(34-15-7-2-8-16-34,35-17-9-3-10-18-35)36-19-11-4-12-20-36/h2-4,7-12,15-20,23-24,26-27,29-32,40,42-44,50,54-55H,1,5-6,13-14,21-22,25,28H2,(H,51,57)(H,52,56)/t40-,42-,43-,44+/m0/s1. The van der Waals surface area contributed by atoms with Gasteiger partial charge < -0.3 is 30.4 Å². The smallest absolute Gasteiger partial charge is 0.268 e. The van der Waals surface area contributed by atoms with Crippen molar-refractivity contribution in [3.05, 3.63) is 161 Å². The predicted molar refractivity (Wildman–Crippen MR) is 223 cm³/mol. The number of nitrogens with one attached hydrogen (secondary N) is 3. The first-order chi connectivity index (χ1) is 27.8. The van der Waals surface area contributed by atoms with Crippen molar-refractivity contribution < 1.29 is 19.8 Å². The quantitative estimate of drug-likeness (QED) is 0.0679. The normalized spacial score (nSPS) is 17.1. The molecule has 0 unspecified atom stereocenters. The molecule has 0 saturated heterocycles. The van der Waals surface area contributed by atoms with Crippen molar-refractivity contribution in [2.45, 2.75) is 87.6 Å². The number of H-pyrrole nitrogens is 1. The summed E-state index contributed by atoms with van der Waals surface area (Å²) in [5, 5.41) is 30.1. The minimum Gasteiger partial charge on any atom is -0.390 e. The predicted octanol–water partition coefficient (Wildman–Crippen LogP) is 7.79. The number of carbonyl (C=O) groups is 2. The molecule has 4 atom stereocenters. The fourth-order valence-corrected chi connectivity index (χ4v) is 9.00. The zero-order valence-electron chi connectivity index (χ0n) is 31.9. The van der Waals surface area contributed by atoms with E-state index in [4.69, 9.17) is 16.6 Å². The maximum absolute atomic E-state index is 14.6. The lowest BCUT2D eigenvalue weighted by Crippen LogP contribution is -2.56. The number of hydrogen-bond donors (Lipinski definition) is 5. The van der Waals surface area contributed by atoms with Gasteiger partial charge in [-0.05, 0) is 72.1 Å². The number of carbonyl (C=O) groups excluding carboxylic acids is 2. The van der Waals surface area contributed by atoms with Crippen molar-refractivity contribution in [2.75, 3.05) is 0 Å². The molecule has 57 heavy (non-hydrogen) atoms. The molecule has 2 amide bonds. The minimum absolute atomic E-state index is 0.0276. The lowest BCUT2D eigenvalue weighted by Gasteiger charge is -2.37. The monoisotopic (exact) mass is 783 g/mol. The first-order valence-electron chi connectivity index (χ1n) is 20.2. The number of nitrogens with zero attached hydrogens (tertiary/aromatic N) is 2. The van der Waals surface area contributed by atoms with Gasteiger partial charge in [-0.15, -0.1) is 0 Å². The highest BCUT2D eigenvalue weighted by molar-refractivity contribution is 6.31. The lowest BCUT2D eigenvalue weighted by atomic mass is 9.77. The van der Waals surface area contributed by atoms with E-state index in [1.807, 2.05) is 66.9 Å². The summed E-state index contributed by atoms with van der Waals surface area (Å²) in [6.07, 6.45) is 9.48. The Morgan fingerprint density at radius 1 is 0.807 bits per heavy atom. The van der Waals surface area contributed by atoms with Crippen LogP contribution in [0.1, 0.15) is 84.2 Å². The maximum atomic E-state index is 14.6. The van der Waals surface area contributed by atoms with Gasteiger partial charge in [0.05, 0.1) is 24.2 Å². The molecule has 6 aromatic rings. The summed E-state index contributed by atoms with van der Waals surface area (Å²) in [5.74, 6) is -0.550. The molecule has 4 aromatic carbocycles. The number of hydrogen-bond acceptors (Lipinski definition) is 5.